The Labute approximate surface area is 101 Å². The van der Waals surface area contributed by atoms with Crippen molar-refractivity contribution in [3.63, 3.8) is 0 Å². The van der Waals surface area contributed by atoms with Gasteiger partial charge in [0.15, 0.2) is 0 Å². The van der Waals surface area contributed by atoms with Crippen molar-refractivity contribution in [2.24, 2.45) is 0 Å². The Bertz CT molecular complexity index is 476. The standard InChI is InChI=1S/C13H16N2O2/c1-9(14-2)12-8-17-13(15-12)10-4-6-11(16-3)7-5-10/h4-9,14H,1-3H3. The molecule has 1 N–H and O–H groups in total. The van der Waals surface area contributed by atoms with Crippen LogP contribution in [-0.2, 0) is 0 Å². The van der Waals surface area contributed by atoms with Crippen LogP contribution in [-0.4, -0.2) is 19.1 Å². The summed E-state index contributed by atoms with van der Waals surface area (Å²) in [6.45, 7) is 2.04. The fourth-order valence-corrected chi connectivity index (χ4v) is 1.50. The van der Waals surface area contributed by atoms with Gasteiger partial charge in [-0.05, 0) is 38.2 Å². The molecule has 1 unspecified atom stereocenters. The third kappa shape index (κ3) is 2.47. The van der Waals surface area contributed by atoms with Crippen molar-refractivity contribution in [1.29, 1.82) is 0 Å². The average molecular weight is 232 g/mol. The smallest absolute Gasteiger partial charge is 0.226 e. The molecule has 2 rings (SSSR count). The lowest BCUT2D eigenvalue weighted by atomic mass is 10.2. The number of methoxy groups -OCH3 is 1. The van der Waals surface area contributed by atoms with Crippen LogP contribution < -0.4 is 10.1 Å². The van der Waals surface area contributed by atoms with Crippen LogP contribution in [0.25, 0.3) is 11.5 Å². The van der Waals surface area contributed by atoms with E-state index in [-0.39, 0.29) is 6.04 Å². The summed E-state index contributed by atoms with van der Waals surface area (Å²) < 4.78 is 10.6. The second kappa shape index (κ2) is 5.01. The molecule has 0 aliphatic rings. The van der Waals surface area contributed by atoms with Crippen molar-refractivity contribution in [2.75, 3.05) is 14.2 Å². The highest BCUT2D eigenvalue weighted by molar-refractivity contribution is 5.54. The number of aromatic nitrogens is 1. The second-order valence-electron chi connectivity index (χ2n) is 3.82. The Balaban J connectivity index is 2.24. The van der Waals surface area contributed by atoms with Crippen molar-refractivity contribution in [3.8, 4) is 17.2 Å². The van der Waals surface area contributed by atoms with E-state index in [4.69, 9.17) is 9.15 Å². The van der Waals surface area contributed by atoms with Crippen molar-refractivity contribution in [2.45, 2.75) is 13.0 Å². The van der Waals surface area contributed by atoms with Gasteiger partial charge in [0.25, 0.3) is 0 Å². The number of hydrogen-bond donors (Lipinski definition) is 1. The maximum absolute atomic E-state index is 5.46. The maximum atomic E-state index is 5.46. The predicted molar refractivity (Wildman–Crippen MR) is 66.0 cm³/mol. The van der Waals surface area contributed by atoms with E-state index in [0.29, 0.717) is 5.89 Å². The minimum absolute atomic E-state index is 0.186. The van der Waals surface area contributed by atoms with Crippen molar-refractivity contribution in [3.05, 3.63) is 36.2 Å². The quantitative estimate of drug-likeness (QED) is 0.880. The SMILES string of the molecule is CNC(C)c1coc(-c2ccc(OC)cc2)n1. The zero-order chi connectivity index (χ0) is 12.3. The van der Waals surface area contributed by atoms with E-state index < -0.39 is 0 Å². The first-order valence-corrected chi connectivity index (χ1v) is 5.51. The Morgan fingerprint density at radius 2 is 2.00 bits per heavy atom. The Morgan fingerprint density at radius 1 is 1.29 bits per heavy atom. The molecule has 2 aromatic rings. The average Bonchev–Trinajstić information content (AvgIpc) is 2.87. The van der Waals surface area contributed by atoms with Gasteiger partial charge in [0, 0.05) is 11.6 Å². The Kier molecular flexibility index (Phi) is 3.44. The highest BCUT2D eigenvalue weighted by Gasteiger charge is 2.10. The third-order valence-electron chi connectivity index (χ3n) is 2.74. The molecule has 4 nitrogen and oxygen atoms in total. The lowest BCUT2D eigenvalue weighted by molar-refractivity contribution is 0.415. The molecule has 0 amide bonds. The largest absolute Gasteiger partial charge is 0.497 e. The number of ether oxygens (including phenoxy) is 1. The Hall–Kier alpha value is -1.81. The van der Waals surface area contributed by atoms with Crippen LogP contribution in [0.1, 0.15) is 18.7 Å². The van der Waals surface area contributed by atoms with Crippen molar-refractivity contribution < 1.29 is 9.15 Å². The monoisotopic (exact) mass is 232 g/mol. The molecular weight excluding hydrogens is 216 g/mol. The van der Waals surface area contributed by atoms with Crippen LogP contribution in [0.4, 0.5) is 0 Å². The summed E-state index contributed by atoms with van der Waals surface area (Å²) in [7, 11) is 3.54. The van der Waals surface area contributed by atoms with Crippen molar-refractivity contribution >= 4 is 0 Å². The van der Waals surface area contributed by atoms with E-state index in [2.05, 4.69) is 10.3 Å². The zero-order valence-corrected chi connectivity index (χ0v) is 10.2. The van der Waals surface area contributed by atoms with Gasteiger partial charge in [0.05, 0.1) is 12.8 Å². The molecule has 0 aliphatic carbocycles. The van der Waals surface area contributed by atoms with Gasteiger partial charge in [-0.2, -0.15) is 0 Å². The number of rotatable bonds is 4. The van der Waals surface area contributed by atoms with Gasteiger partial charge in [0.1, 0.15) is 12.0 Å². The summed E-state index contributed by atoms with van der Waals surface area (Å²) >= 11 is 0. The number of hydrogen-bond acceptors (Lipinski definition) is 4. The summed E-state index contributed by atoms with van der Waals surface area (Å²) in [5.41, 5.74) is 1.85. The van der Waals surface area contributed by atoms with E-state index in [1.807, 2.05) is 38.2 Å². The van der Waals surface area contributed by atoms with Gasteiger partial charge in [-0.25, -0.2) is 4.98 Å². The highest BCUT2D eigenvalue weighted by Crippen LogP contribution is 2.23. The van der Waals surface area contributed by atoms with Crippen molar-refractivity contribution in [1.82, 2.24) is 10.3 Å². The summed E-state index contributed by atoms with van der Waals surface area (Å²) in [6.07, 6.45) is 1.68. The molecule has 1 aromatic carbocycles. The van der Waals surface area contributed by atoms with Crippen LogP contribution in [0.3, 0.4) is 0 Å². The molecule has 1 atom stereocenters. The molecule has 1 aromatic heterocycles. The van der Waals surface area contributed by atoms with Gasteiger partial charge >= 0.3 is 0 Å². The van der Waals surface area contributed by atoms with Crippen LogP contribution in [0.2, 0.25) is 0 Å². The summed E-state index contributed by atoms with van der Waals surface area (Å²) in [5, 5.41) is 3.12. The molecule has 17 heavy (non-hydrogen) atoms. The van der Waals surface area contributed by atoms with Crippen LogP contribution in [0, 0.1) is 0 Å². The van der Waals surface area contributed by atoms with Gasteiger partial charge in [-0.1, -0.05) is 0 Å². The van der Waals surface area contributed by atoms with E-state index in [0.717, 1.165) is 17.0 Å². The molecule has 0 spiro atoms. The molecule has 0 saturated carbocycles. The number of oxazole rings is 1. The fourth-order valence-electron chi connectivity index (χ4n) is 1.50. The molecule has 0 fully saturated rings. The summed E-state index contributed by atoms with van der Waals surface area (Å²) in [6, 6.07) is 7.82. The molecule has 0 saturated heterocycles. The lowest BCUT2D eigenvalue weighted by Crippen LogP contribution is -2.12. The molecular formula is C13H16N2O2. The molecule has 0 bridgehead atoms. The molecule has 0 radical (unpaired) electrons. The fraction of sp³-hybridized carbons (Fsp3) is 0.308. The van der Waals surface area contributed by atoms with Gasteiger partial charge in [-0.15, -0.1) is 0 Å². The van der Waals surface area contributed by atoms with E-state index in [9.17, 15) is 0 Å². The molecule has 4 heteroatoms. The summed E-state index contributed by atoms with van der Waals surface area (Å²) in [5.74, 6) is 1.45. The topological polar surface area (TPSA) is 47.3 Å². The lowest BCUT2D eigenvalue weighted by Gasteiger charge is -2.03. The van der Waals surface area contributed by atoms with E-state index in [1.54, 1.807) is 13.4 Å². The van der Waals surface area contributed by atoms with Crippen LogP contribution in [0.15, 0.2) is 34.9 Å². The first kappa shape index (κ1) is 11.7. The number of nitrogens with zero attached hydrogens (tertiary/aromatic N) is 1. The van der Waals surface area contributed by atoms with Gasteiger partial charge < -0.3 is 14.5 Å². The number of benzene rings is 1. The van der Waals surface area contributed by atoms with Crippen LogP contribution in [0.5, 0.6) is 5.75 Å². The highest BCUT2D eigenvalue weighted by atomic mass is 16.5. The van der Waals surface area contributed by atoms with Gasteiger partial charge in [0.2, 0.25) is 5.89 Å². The van der Waals surface area contributed by atoms with Gasteiger partial charge in [-0.3, -0.25) is 0 Å². The summed E-state index contributed by atoms with van der Waals surface area (Å²) in [4.78, 5) is 4.44. The molecule has 1 heterocycles. The number of nitrogens with one attached hydrogen (secondary N) is 1. The third-order valence-corrected chi connectivity index (χ3v) is 2.74. The zero-order valence-electron chi connectivity index (χ0n) is 10.2. The maximum Gasteiger partial charge on any atom is 0.226 e. The van der Waals surface area contributed by atoms with Crippen LogP contribution >= 0.6 is 0 Å². The minimum Gasteiger partial charge on any atom is -0.497 e. The molecule has 0 aliphatic heterocycles. The first-order valence-electron chi connectivity index (χ1n) is 5.51. The predicted octanol–water partition coefficient (Wildman–Crippen LogP) is 2.63. The molecule has 90 valence electrons. The second-order valence-corrected chi connectivity index (χ2v) is 3.82. The minimum atomic E-state index is 0.186. The Morgan fingerprint density at radius 3 is 2.59 bits per heavy atom. The van der Waals surface area contributed by atoms with E-state index >= 15 is 0 Å². The van der Waals surface area contributed by atoms with E-state index in [1.165, 1.54) is 0 Å². The first-order chi connectivity index (χ1) is 8.24. The normalized spacial score (nSPS) is 12.4.